The summed E-state index contributed by atoms with van der Waals surface area (Å²) in [6, 6.07) is -1.37. The van der Waals surface area contributed by atoms with Gasteiger partial charge in [0.2, 0.25) is 5.91 Å². The molecule has 51 heteroatoms. The van der Waals surface area contributed by atoms with E-state index in [1.165, 1.54) is 6.92 Å². The van der Waals surface area contributed by atoms with Crippen molar-refractivity contribution in [3.8, 4) is 0 Å². The van der Waals surface area contributed by atoms with Gasteiger partial charge in [-0.15, -0.1) is 0 Å². The summed E-state index contributed by atoms with van der Waals surface area (Å²) in [7, 11) is 0. The molecular formula is C63H107NO50. The molecule has 0 aromatic rings. The summed E-state index contributed by atoms with van der Waals surface area (Å²) >= 11 is 0. The summed E-state index contributed by atoms with van der Waals surface area (Å²) in [5.74, 6) is -0.722. The molecule has 1 amide bonds. The average Bonchev–Trinajstić information content (AvgIpc) is 0.725. The molecule has 10 heterocycles. The van der Waals surface area contributed by atoms with Crippen molar-refractivity contribution in [2.45, 2.75) is 321 Å². The molecule has 0 radical (unpaired) electrons. The standard InChI is InChI=1S/C63H107NO50/c1-13-25(64-14(2)73)35(83)48(22(10-72)98-13)108-59-47(95)50(110-62-54(42(90)32(80)20(8-70)104-62)114-63-53(41(89)31(79)21(9-71)105-63)113-58-45(93)38(86)28(76)17(5-67)101-58)34(82)24(107-59)11-96-55-46(94)49(109-61-52(40(88)30(78)19(7-69)103-61)112-57-44(92)37(85)27(75)16(4-66)100-57)33(81)23(106-55)12-97-60-51(39(87)29(77)18(6-68)102-60)111-56-43(91)36(84)26(74)15(3-65)99-56/h13,15-63,65-72,74-95H,3-12H2,1-2H3,(H,64,73)/t13-,15?,16?,17?,18?,19?,20?,21?,22?,23?,24?,25?,26+,27+,28+,29+,30+,31+,32+,33+,34+,35+,36-,37?,38?,39-,40?,41?,42?,43?,44?,45?,46?,47?,48+,49-,50-,51?,52?,53?,54?,55?,56+,57+,58+,59-,60-,61+,62+,63+/m0/s1. The van der Waals surface area contributed by atoms with Crippen LogP contribution >= 0.6 is 0 Å². The number of nitrogens with one attached hydrogen (secondary N) is 1. The van der Waals surface area contributed by atoms with Crippen molar-refractivity contribution in [2.24, 2.45) is 0 Å². The van der Waals surface area contributed by atoms with Crippen LogP contribution in [-0.2, 0) is 94.8 Å². The Hall–Kier alpha value is -2.49. The third-order valence-corrected chi connectivity index (χ3v) is 21.5. The van der Waals surface area contributed by atoms with Gasteiger partial charge in [-0.2, -0.15) is 0 Å². The zero-order chi connectivity index (χ0) is 83.7. The van der Waals surface area contributed by atoms with E-state index in [1.54, 1.807) is 0 Å². The first-order valence-corrected chi connectivity index (χ1v) is 36.5. The lowest BCUT2D eigenvalue weighted by Crippen LogP contribution is -2.69. The van der Waals surface area contributed by atoms with E-state index >= 15 is 0 Å². The van der Waals surface area contributed by atoms with Crippen molar-refractivity contribution in [2.75, 3.05) is 66.1 Å². The van der Waals surface area contributed by atoms with E-state index in [0.717, 1.165) is 6.92 Å². The Kier molecular flexibility index (Phi) is 33.5. The van der Waals surface area contributed by atoms with Gasteiger partial charge >= 0.3 is 0 Å². The van der Waals surface area contributed by atoms with Crippen molar-refractivity contribution >= 4 is 5.91 Å². The second-order valence-corrected chi connectivity index (χ2v) is 29.1. The molecular weight excluding hydrogens is 1570 g/mol. The summed E-state index contributed by atoms with van der Waals surface area (Å²) in [5, 5.41) is 334. The van der Waals surface area contributed by atoms with Gasteiger partial charge in [-0.1, -0.05) is 0 Å². The number of hydrogen-bond donors (Lipinski definition) is 31. The van der Waals surface area contributed by atoms with E-state index < -0.39 is 379 Å². The van der Waals surface area contributed by atoms with Crippen molar-refractivity contribution in [1.29, 1.82) is 0 Å². The highest BCUT2D eigenvalue weighted by Crippen LogP contribution is 2.41. The Bertz CT molecular complexity index is 2910. The third kappa shape index (κ3) is 19.8. The van der Waals surface area contributed by atoms with Gasteiger partial charge in [-0.3, -0.25) is 4.79 Å². The molecule has 51 nitrogen and oxygen atoms in total. The highest BCUT2D eigenvalue weighted by atomic mass is 16.8. The summed E-state index contributed by atoms with van der Waals surface area (Å²) in [6.07, 6.45) is -104. The molecule has 0 saturated carbocycles. The third-order valence-electron chi connectivity index (χ3n) is 21.5. The molecule has 26 unspecified atom stereocenters. The predicted octanol–water partition coefficient (Wildman–Crippen LogP) is -21.6. The van der Waals surface area contributed by atoms with Gasteiger partial charge in [-0.25, -0.2) is 0 Å². The summed E-state index contributed by atoms with van der Waals surface area (Å²) in [5.41, 5.74) is 0. The number of amides is 1. The highest BCUT2D eigenvalue weighted by molar-refractivity contribution is 5.73. The first-order valence-electron chi connectivity index (χ1n) is 36.5. The van der Waals surface area contributed by atoms with Gasteiger partial charge < -0.3 is 249 Å². The molecule has 31 N–H and O–H groups in total. The van der Waals surface area contributed by atoms with E-state index in [-0.39, 0.29) is 0 Å². The molecule has 50 atom stereocenters. The van der Waals surface area contributed by atoms with Crippen LogP contribution < -0.4 is 5.32 Å². The molecule has 0 spiro atoms. The largest absolute Gasteiger partial charge is 0.394 e. The van der Waals surface area contributed by atoms with Gasteiger partial charge in [0.1, 0.15) is 238 Å². The minimum Gasteiger partial charge on any atom is -0.394 e. The number of carbonyl (C=O) groups is 1. The fourth-order valence-electron chi connectivity index (χ4n) is 14.8. The molecule has 10 aliphatic heterocycles. The lowest BCUT2D eigenvalue weighted by Gasteiger charge is -2.50. The summed E-state index contributed by atoms with van der Waals surface area (Å²) < 4.78 is 112. The molecule has 10 fully saturated rings. The highest BCUT2D eigenvalue weighted by Gasteiger charge is 2.61. The molecule has 0 aliphatic carbocycles. The van der Waals surface area contributed by atoms with Crippen LogP contribution in [-0.4, -0.2) is 532 Å². The van der Waals surface area contributed by atoms with Crippen LogP contribution in [0.15, 0.2) is 0 Å². The van der Waals surface area contributed by atoms with E-state index in [9.17, 15) is 158 Å². The zero-order valence-corrected chi connectivity index (χ0v) is 60.5. The first-order chi connectivity index (χ1) is 54.0. The number of hydrogen-bond acceptors (Lipinski definition) is 50. The van der Waals surface area contributed by atoms with Crippen molar-refractivity contribution in [3.63, 3.8) is 0 Å². The maximum atomic E-state index is 12.6. The maximum Gasteiger partial charge on any atom is 0.217 e. The minimum atomic E-state index is -2.54. The van der Waals surface area contributed by atoms with Crippen LogP contribution in [0.25, 0.3) is 0 Å². The predicted molar refractivity (Wildman–Crippen MR) is 345 cm³/mol. The van der Waals surface area contributed by atoms with Gasteiger partial charge in [0.25, 0.3) is 0 Å². The van der Waals surface area contributed by atoms with Crippen LogP contribution in [0.1, 0.15) is 13.8 Å². The normalized spacial score (nSPS) is 52.6. The molecule has 664 valence electrons. The van der Waals surface area contributed by atoms with Crippen molar-refractivity contribution in [3.05, 3.63) is 0 Å². The van der Waals surface area contributed by atoms with Crippen LogP contribution in [0.4, 0.5) is 0 Å². The summed E-state index contributed by atoms with van der Waals surface area (Å²) in [6.45, 7) is -8.51. The van der Waals surface area contributed by atoms with Crippen LogP contribution in [0.5, 0.6) is 0 Å². The average molecular weight is 1680 g/mol. The second-order valence-electron chi connectivity index (χ2n) is 29.1. The quantitative estimate of drug-likeness (QED) is 0.0331. The Morgan fingerprint density at radius 2 is 0.474 bits per heavy atom. The minimum absolute atomic E-state index is 0.722. The lowest BCUT2D eigenvalue weighted by molar-refractivity contribution is -0.407. The SMILES string of the molecule is CC(=O)NC1[C@H](C)OC(CO)[C@@H](O[C@@H]2OC(COC3OC(CO[C@H]4OC(CO)[C@@H](O)[C@H](O)C4O[C@H]4OC(CO)[C@@H](O)[C@H](O)C4O)[C@@H](O)[C@H](O[C@H]4OC(CO)[C@@H](O)C(O)C4O[C@H]4OC(CO)[C@@H](O)C(O)C4O)C3O)[C@@H](O)[C@H](O[C@H]3OC(CO)[C@@H](O)C(O)C3O[C@H]3OC(CO)[C@@H](O)C(O)C3O[C@H]3OC(CO)[C@@H](O)C(O)C3O)C2O)[C@@H]1O. The van der Waals surface area contributed by atoms with E-state index in [0.29, 0.717) is 0 Å². The smallest absolute Gasteiger partial charge is 0.217 e. The van der Waals surface area contributed by atoms with Crippen LogP contribution in [0, 0.1) is 0 Å². The number of aliphatic hydroxyl groups is 30. The molecule has 10 aliphatic rings. The van der Waals surface area contributed by atoms with Gasteiger partial charge in [0.15, 0.2) is 56.6 Å². The number of rotatable bonds is 29. The number of ether oxygens (including phenoxy) is 19. The zero-order valence-electron chi connectivity index (χ0n) is 60.5. The molecule has 10 saturated heterocycles. The van der Waals surface area contributed by atoms with E-state index in [1.807, 2.05) is 0 Å². The van der Waals surface area contributed by atoms with Crippen LogP contribution in [0.2, 0.25) is 0 Å². The van der Waals surface area contributed by atoms with Gasteiger partial charge in [0.05, 0.1) is 78.2 Å². The maximum absolute atomic E-state index is 12.6. The van der Waals surface area contributed by atoms with Gasteiger partial charge in [0, 0.05) is 6.92 Å². The van der Waals surface area contributed by atoms with E-state index in [2.05, 4.69) is 5.32 Å². The fourth-order valence-corrected chi connectivity index (χ4v) is 14.8. The monoisotopic (exact) mass is 1680 g/mol. The molecule has 10 rings (SSSR count). The Balaban J connectivity index is 0.999. The Morgan fingerprint density at radius 3 is 0.798 bits per heavy atom. The Labute approximate surface area is 644 Å². The molecule has 0 aromatic heterocycles. The second kappa shape index (κ2) is 40.7. The van der Waals surface area contributed by atoms with Crippen LogP contribution in [0.3, 0.4) is 0 Å². The van der Waals surface area contributed by atoms with Gasteiger partial charge in [-0.05, 0) is 6.92 Å². The molecule has 0 bridgehead atoms. The van der Waals surface area contributed by atoms with Crippen molar-refractivity contribution < 1.29 is 248 Å². The lowest BCUT2D eigenvalue weighted by atomic mass is 9.92. The van der Waals surface area contributed by atoms with Crippen molar-refractivity contribution in [1.82, 2.24) is 5.32 Å². The first kappa shape index (κ1) is 93.8. The molecule has 114 heavy (non-hydrogen) atoms. The topological polar surface area (TPSA) is 811 Å². The Morgan fingerprint density at radius 1 is 0.237 bits per heavy atom. The summed E-state index contributed by atoms with van der Waals surface area (Å²) in [4.78, 5) is 12.5. The molecule has 0 aromatic carbocycles. The fraction of sp³-hybridized carbons (Fsp3) is 0.984. The van der Waals surface area contributed by atoms with E-state index in [4.69, 9.17) is 90.0 Å². The number of carbonyl (C=O) groups excluding carboxylic acids is 1. The number of aliphatic hydroxyl groups excluding tert-OH is 30.